The predicted molar refractivity (Wildman–Crippen MR) is 65.7 cm³/mol. The Bertz CT molecular complexity index is 526. The molecule has 0 aliphatic rings. The summed E-state index contributed by atoms with van der Waals surface area (Å²) < 4.78 is 5.09. The zero-order chi connectivity index (χ0) is 13.5. The van der Waals surface area contributed by atoms with Gasteiger partial charge in [0.1, 0.15) is 11.7 Å². The van der Waals surface area contributed by atoms with Gasteiger partial charge >= 0.3 is 0 Å². The standard InChI is InChI=1S/C13H13N3O2/c1-3-10(8-15)13(17)16-11-5-4-9(7-14)6-12(11)18-2/h4-6,10H,3H2,1-2H3,(H,16,17). The third kappa shape index (κ3) is 2.99. The summed E-state index contributed by atoms with van der Waals surface area (Å²) in [6.07, 6.45) is 0.445. The van der Waals surface area contributed by atoms with Crippen molar-refractivity contribution < 1.29 is 9.53 Å². The van der Waals surface area contributed by atoms with E-state index in [1.807, 2.05) is 12.1 Å². The molecule has 0 aromatic heterocycles. The van der Waals surface area contributed by atoms with Crippen molar-refractivity contribution in [1.82, 2.24) is 0 Å². The number of nitrogens with one attached hydrogen (secondary N) is 1. The highest BCUT2D eigenvalue weighted by atomic mass is 16.5. The second-order valence-electron chi connectivity index (χ2n) is 3.61. The Kier molecular flexibility index (Phi) is 4.71. The lowest BCUT2D eigenvalue weighted by Gasteiger charge is -2.12. The fraction of sp³-hybridized carbons (Fsp3) is 0.308. The van der Waals surface area contributed by atoms with E-state index in [-0.39, 0.29) is 5.91 Å². The number of anilines is 1. The number of ether oxygens (including phenoxy) is 1. The summed E-state index contributed by atoms with van der Waals surface area (Å²) in [4.78, 5) is 11.7. The monoisotopic (exact) mass is 243 g/mol. The molecule has 18 heavy (non-hydrogen) atoms. The van der Waals surface area contributed by atoms with Gasteiger partial charge in [-0.05, 0) is 18.6 Å². The number of benzene rings is 1. The summed E-state index contributed by atoms with van der Waals surface area (Å²) in [5.74, 6) is -0.663. The molecular weight excluding hydrogens is 230 g/mol. The van der Waals surface area contributed by atoms with Crippen LogP contribution in [0.25, 0.3) is 0 Å². The minimum atomic E-state index is -0.689. The van der Waals surface area contributed by atoms with Crippen molar-refractivity contribution in [2.45, 2.75) is 13.3 Å². The van der Waals surface area contributed by atoms with Gasteiger partial charge in [0, 0.05) is 6.07 Å². The largest absolute Gasteiger partial charge is 0.495 e. The Morgan fingerprint density at radius 1 is 1.50 bits per heavy atom. The lowest BCUT2D eigenvalue weighted by atomic mass is 10.1. The molecule has 0 saturated carbocycles. The maximum atomic E-state index is 11.7. The van der Waals surface area contributed by atoms with Crippen LogP contribution < -0.4 is 10.1 Å². The molecule has 0 fully saturated rings. The van der Waals surface area contributed by atoms with Gasteiger partial charge in [0.15, 0.2) is 0 Å². The summed E-state index contributed by atoms with van der Waals surface area (Å²) in [7, 11) is 1.45. The normalized spacial score (nSPS) is 10.9. The van der Waals surface area contributed by atoms with E-state index in [0.29, 0.717) is 23.4 Å². The number of amides is 1. The molecule has 0 radical (unpaired) electrons. The Labute approximate surface area is 106 Å². The molecular formula is C13H13N3O2. The van der Waals surface area contributed by atoms with Gasteiger partial charge in [-0.1, -0.05) is 6.92 Å². The zero-order valence-corrected chi connectivity index (χ0v) is 10.2. The third-order valence-corrected chi connectivity index (χ3v) is 2.47. The van der Waals surface area contributed by atoms with E-state index in [4.69, 9.17) is 15.3 Å². The molecule has 0 bridgehead atoms. The lowest BCUT2D eigenvalue weighted by Crippen LogP contribution is -2.21. The highest BCUT2D eigenvalue weighted by molar-refractivity contribution is 5.95. The van der Waals surface area contributed by atoms with E-state index < -0.39 is 5.92 Å². The topological polar surface area (TPSA) is 85.9 Å². The molecule has 1 N–H and O–H groups in total. The van der Waals surface area contributed by atoms with E-state index >= 15 is 0 Å². The van der Waals surface area contributed by atoms with Gasteiger partial charge in [-0.15, -0.1) is 0 Å². The Morgan fingerprint density at radius 3 is 2.72 bits per heavy atom. The fourth-order valence-corrected chi connectivity index (χ4v) is 1.42. The van der Waals surface area contributed by atoms with Crippen molar-refractivity contribution in [3.63, 3.8) is 0 Å². The van der Waals surface area contributed by atoms with Crippen LogP contribution in [0.3, 0.4) is 0 Å². The second-order valence-corrected chi connectivity index (χ2v) is 3.61. The second kappa shape index (κ2) is 6.27. The van der Waals surface area contributed by atoms with Crippen LogP contribution in [0.2, 0.25) is 0 Å². The number of methoxy groups -OCH3 is 1. The van der Waals surface area contributed by atoms with Gasteiger partial charge in [0.25, 0.3) is 0 Å². The molecule has 1 rings (SSSR count). The smallest absolute Gasteiger partial charge is 0.241 e. The van der Waals surface area contributed by atoms with Crippen LogP contribution in [0, 0.1) is 28.6 Å². The number of hydrogen-bond donors (Lipinski definition) is 1. The summed E-state index contributed by atoms with van der Waals surface area (Å²) in [6.45, 7) is 1.77. The van der Waals surface area contributed by atoms with E-state index in [9.17, 15) is 4.79 Å². The van der Waals surface area contributed by atoms with Gasteiger partial charge in [-0.3, -0.25) is 4.79 Å². The number of hydrogen-bond acceptors (Lipinski definition) is 4. The molecule has 1 aromatic rings. The molecule has 0 aliphatic heterocycles. The van der Waals surface area contributed by atoms with Crippen molar-refractivity contribution >= 4 is 11.6 Å². The maximum Gasteiger partial charge on any atom is 0.241 e. The first-order chi connectivity index (χ1) is 8.65. The number of nitriles is 2. The highest BCUT2D eigenvalue weighted by Crippen LogP contribution is 2.25. The van der Waals surface area contributed by atoms with Crippen molar-refractivity contribution in [3.8, 4) is 17.9 Å². The van der Waals surface area contributed by atoms with Gasteiger partial charge in [-0.2, -0.15) is 10.5 Å². The first-order valence-corrected chi connectivity index (χ1v) is 5.44. The summed E-state index contributed by atoms with van der Waals surface area (Å²) in [5.41, 5.74) is 0.896. The Balaban J connectivity index is 2.95. The molecule has 1 amide bonds. The average molecular weight is 243 g/mol. The number of nitrogens with zero attached hydrogens (tertiary/aromatic N) is 2. The van der Waals surface area contributed by atoms with Crippen LogP contribution in [0.15, 0.2) is 18.2 Å². The lowest BCUT2D eigenvalue weighted by molar-refractivity contribution is -0.118. The molecule has 0 aliphatic carbocycles. The molecule has 92 valence electrons. The van der Waals surface area contributed by atoms with Gasteiger partial charge in [0.2, 0.25) is 5.91 Å². The quantitative estimate of drug-likeness (QED) is 0.876. The van der Waals surface area contributed by atoms with Crippen LogP contribution in [0.5, 0.6) is 5.75 Å². The summed E-state index contributed by atoms with van der Waals surface area (Å²) >= 11 is 0. The number of carbonyl (C=O) groups is 1. The first-order valence-electron chi connectivity index (χ1n) is 5.44. The van der Waals surface area contributed by atoms with Crippen molar-refractivity contribution in [1.29, 1.82) is 10.5 Å². The van der Waals surface area contributed by atoms with Crippen molar-refractivity contribution in [2.24, 2.45) is 5.92 Å². The molecule has 1 aromatic carbocycles. The van der Waals surface area contributed by atoms with E-state index in [0.717, 1.165) is 0 Å². The summed E-state index contributed by atoms with van der Waals surface area (Å²) in [5, 5.41) is 20.2. The van der Waals surface area contributed by atoms with Crippen LogP contribution in [-0.4, -0.2) is 13.0 Å². The van der Waals surface area contributed by atoms with Crippen LogP contribution >= 0.6 is 0 Å². The van der Waals surface area contributed by atoms with Crippen molar-refractivity contribution in [2.75, 3.05) is 12.4 Å². The maximum absolute atomic E-state index is 11.7. The highest BCUT2D eigenvalue weighted by Gasteiger charge is 2.17. The Morgan fingerprint density at radius 2 is 2.22 bits per heavy atom. The molecule has 0 heterocycles. The molecule has 0 saturated heterocycles. The van der Waals surface area contributed by atoms with E-state index in [2.05, 4.69) is 5.32 Å². The van der Waals surface area contributed by atoms with Crippen molar-refractivity contribution in [3.05, 3.63) is 23.8 Å². The van der Waals surface area contributed by atoms with Gasteiger partial charge < -0.3 is 10.1 Å². The van der Waals surface area contributed by atoms with Crippen LogP contribution in [-0.2, 0) is 4.79 Å². The molecule has 0 spiro atoms. The molecule has 1 unspecified atom stereocenters. The van der Waals surface area contributed by atoms with E-state index in [1.54, 1.807) is 19.1 Å². The SMILES string of the molecule is CCC(C#N)C(=O)Nc1ccc(C#N)cc1OC. The Hall–Kier alpha value is -2.53. The number of carbonyl (C=O) groups excluding carboxylic acids is 1. The minimum absolute atomic E-state index is 0.372. The average Bonchev–Trinajstić information content (AvgIpc) is 2.40. The van der Waals surface area contributed by atoms with Gasteiger partial charge in [-0.25, -0.2) is 0 Å². The first kappa shape index (κ1) is 13.5. The van der Waals surface area contributed by atoms with E-state index in [1.165, 1.54) is 13.2 Å². The number of rotatable bonds is 4. The summed E-state index contributed by atoms with van der Waals surface area (Å²) in [6, 6.07) is 8.60. The molecule has 1 atom stereocenters. The zero-order valence-electron chi connectivity index (χ0n) is 10.2. The van der Waals surface area contributed by atoms with Crippen LogP contribution in [0.1, 0.15) is 18.9 Å². The predicted octanol–water partition coefficient (Wildman–Crippen LogP) is 2.06. The van der Waals surface area contributed by atoms with Crippen LogP contribution in [0.4, 0.5) is 5.69 Å². The van der Waals surface area contributed by atoms with Gasteiger partial charge in [0.05, 0.1) is 30.5 Å². The molecule has 5 heteroatoms. The fourth-order valence-electron chi connectivity index (χ4n) is 1.42. The third-order valence-electron chi connectivity index (χ3n) is 2.47. The molecule has 5 nitrogen and oxygen atoms in total. The minimum Gasteiger partial charge on any atom is -0.495 e.